The van der Waals surface area contributed by atoms with Crippen molar-refractivity contribution in [3.05, 3.63) is 29.8 Å². The van der Waals surface area contributed by atoms with Crippen molar-refractivity contribution >= 4 is 41.7 Å². The Labute approximate surface area is 167 Å². The van der Waals surface area contributed by atoms with Crippen LogP contribution in [-0.2, 0) is 11.3 Å². The molecule has 0 radical (unpaired) electrons. The number of nitrogens with one attached hydrogen (secondary N) is 3. The van der Waals surface area contributed by atoms with Crippen molar-refractivity contribution in [1.29, 1.82) is 0 Å². The Morgan fingerprint density at radius 3 is 2.40 bits per heavy atom. The van der Waals surface area contributed by atoms with Gasteiger partial charge >= 0.3 is 6.09 Å². The summed E-state index contributed by atoms with van der Waals surface area (Å²) in [6, 6.07) is 7.63. The number of methoxy groups -OCH3 is 1. The predicted molar refractivity (Wildman–Crippen MR) is 113 cm³/mol. The summed E-state index contributed by atoms with van der Waals surface area (Å²) in [7, 11) is 3.14. The molecule has 1 aromatic rings. The molecule has 7 heteroatoms. The average Bonchev–Trinajstić information content (AvgIpc) is 2.58. The number of ether oxygens (including phenoxy) is 1. The van der Waals surface area contributed by atoms with Gasteiger partial charge in [-0.25, -0.2) is 4.79 Å². The second-order valence-electron chi connectivity index (χ2n) is 6.30. The number of anilines is 1. The number of nitrogens with zero attached hydrogens (tertiary/aromatic N) is 1. The maximum Gasteiger partial charge on any atom is 0.411 e. The van der Waals surface area contributed by atoms with Crippen LogP contribution in [-0.4, -0.2) is 32.8 Å². The number of aliphatic imine (C=N–C) groups is 1. The molecule has 6 nitrogen and oxygen atoms in total. The minimum absolute atomic E-state index is 0. The lowest BCUT2D eigenvalue weighted by Gasteiger charge is -2.41. The van der Waals surface area contributed by atoms with Crippen molar-refractivity contribution in [3.8, 4) is 0 Å². The van der Waals surface area contributed by atoms with Crippen LogP contribution >= 0.6 is 24.0 Å². The number of benzene rings is 1. The largest absolute Gasteiger partial charge is 0.453 e. The zero-order valence-corrected chi connectivity index (χ0v) is 17.6. The average molecular weight is 460 g/mol. The number of hydrogen-bond acceptors (Lipinski definition) is 3. The van der Waals surface area contributed by atoms with Gasteiger partial charge in [0.05, 0.1) is 7.11 Å². The number of carbonyl (C=O) groups excluding carboxylic acids is 1. The molecule has 0 heterocycles. The van der Waals surface area contributed by atoms with Crippen LogP contribution in [0.15, 0.2) is 29.3 Å². The second-order valence-corrected chi connectivity index (χ2v) is 6.30. The Kier molecular flexibility index (Phi) is 9.02. The third-order valence-electron chi connectivity index (χ3n) is 4.86. The van der Waals surface area contributed by atoms with Gasteiger partial charge in [-0.3, -0.25) is 10.3 Å². The van der Waals surface area contributed by atoms with Crippen molar-refractivity contribution in [2.24, 2.45) is 10.4 Å². The molecule has 1 aliphatic rings. The minimum atomic E-state index is -0.466. The number of rotatable bonds is 6. The van der Waals surface area contributed by atoms with Crippen molar-refractivity contribution < 1.29 is 9.53 Å². The lowest BCUT2D eigenvalue weighted by atomic mass is 9.67. The summed E-state index contributed by atoms with van der Waals surface area (Å²) in [6.07, 6.45) is 4.70. The number of amides is 1. The fraction of sp³-hybridized carbons (Fsp3) is 0.556. The summed E-state index contributed by atoms with van der Waals surface area (Å²) in [5.74, 6) is 0.825. The van der Waals surface area contributed by atoms with Crippen molar-refractivity contribution in [1.82, 2.24) is 10.6 Å². The van der Waals surface area contributed by atoms with Crippen LogP contribution in [0.5, 0.6) is 0 Å². The van der Waals surface area contributed by atoms with E-state index < -0.39 is 6.09 Å². The van der Waals surface area contributed by atoms with Gasteiger partial charge in [0.2, 0.25) is 0 Å². The van der Waals surface area contributed by atoms with Gasteiger partial charge in [0.1, 0.15) is 0 Å². The zero-order valence-electron chi connectivity index (χ0n) is 15.2. The quantitative estimate of drug-likeness (QED) is 0.344. The maximum atomic E-state index is 11.2. The summed E-state index contributed by atoms with van der Waals surface area (Å²) in [5.41, 5.74) is 2.28. The molecule has 140 valence electrons. The van der Waals surface area contributed by atoms with Gasteiger partial charge in [-0.05, 0) is 42.4 Å². The zero-order chi connectivity index (χ0) is 17.4. The summed E-state index contributed by atoms with van der Waals surface area (Å²) >= 11 is 0. The second kappa shape index (κ2) is 10.5. The smallest absolute Gasteiger partial charge is 0.411 e. The molecule has 1 fully saturated rings. The number of hydrogen-bond donors (Lipinski definition) is 3. The molecule has 1 aromatic carbocycles. The fourth-order valence-corrected chi connectivity index (χ4v) is 2.88. The number of carbonyl (C=O) groups is 1. The summed E-state index contributed by atoms with van der Waals surface area (Å²) in [4.78, 5) is 15.4. The van der Waals surface area contributed by atoms with E-state index in [-0.39, 0.29) is 24.0 Å². The topological polar surface area (TPSA) is 74.8 Å². The highest BCUT2D eigenvalue weighted by Gasteiger charge is 2.34. The standard InChI is InChI=1S/C18H28N4O2.HI/c1-4-18(10-5-11-18)13-21-16(19-2)20-12-14-6-8-15(9-7-14)22-17(23)24-3;/h6-9H,4-5,10-13H2,1-3H3,(H,22,23)(H2,19,20,21);1H. The SMILES string of the molecule is CCC1(CNC(=NC)NCc2ccc(NC(=O)OC)cc2)CCC1.I. The summed E-state index contributed by atoms with van der Waals surface area (Å²) in [6.45, 7) is 3.92. The number of halogens is 1. The molecular weight excluding hydrogens is 431 g/mol. The van der Waals surface area contributed by atoms with E-state index in [1.807, 2.05) is 24.3 Å². The third kappa shape index (κ3) is 6.37. The van der Waals surface area contributed by atoms with E-state index in [9.17, 15) is 4.79 Å². The predicted octanol–water partition coefficient (Wildman–Crippen LogP) is 3.73. The molecule has 1 saturated carbocycles. The van der Waals surface area contributed by atoms with Gasteiger partial charge in [0, 0.05) is 25.8 Å². The first-order valence-electron chi connectivity index (χ1n) is 8.49. The van der Waals surface area contributed by atoms with E-state index in [0.717, 1.165) is 18.1 Å². The first-order valence-corrected chi connectivity index (χ1v) is 8.49. The van der Waals surface area contributed by atoms with Crippen molar-refractivity contribution in [2.75, 3.05) is 26.0 Å². The summed E-state index contributed by atoms with van der Waals surface area (Å²) in [5, 5.41) is 9.41. The van der Waals surface area contributed by atoms with Gasteiger partial charge in [0.15, 0.2) is 5.96 Å². The van der Waals surface area contributed by atoms with Crippen LogP contribution in [0, 0.1) is 5.41 Å². The van der Waals surface area contributed by atoms with E-state index in [4.69, 9.17) is 0 Å². The lowest BCUT2D eigenvalue weighted by Crippen LogP contribution is -2.46. The molecule has 0 unspecified atom stereocenters. The normalized spacial score (nSPS) is 15.4. The van der Waals surface area contributed by atoms with Gasteiger partial charge in [0.25, 0.3) is 0 Å². The highest BCUT2D eigenvalue weighted by Crippen LogP contribution is 2.42. The van der Waals surface area contributed by atoms with E-state index in [0.29, 0.717) is 17.6 Å². The fourth-order valence-electron chi connectivity index (χ4n) is 2.88. The molecule has 0 bridgehead atoms. The Balaban J connectivity index is 0.00000312. The Morgan fingerprint density at radius 2 is 1.92 bits per heavy atom. The number of guanidine groups is 1. The molecule has 1 aliphatic carbocycles. The molecule has 1 amide bonds. The first kappa shape index (κ1) is 21.5. The van der Waals surface area contributed by atoms with Gasteiger partial charge in [-0.1, -0.05) is 25.5 Å². The molecule has 25 heavy (non-hydrogen) atoms. The highest BCUT2D eigenvalue weighted by atomic mass is 127. The van der Waals surface area contributed by atoms with E-state index in [2.05, 4.69) is 32.6 Å². The van der Waals surface area contributed by atoms with Crippen LogP contribution in [0.1, 0.15) is 38.2 Å². The van der Waals surface area contributed by atoms with E-state index >= 15 is 0 Å². The molecule has 0 aliphatic heterocycles. The molecule has 0 spiro atoms. The first-order chi connectivity index (χ1) is 11.6. The molecule has 2 rings (SSSR count). The highest BCUT2D eigenvalue weighted by molar-refractivity contribution is 14.0. The van der Waals surface area contributed by atoms with Crippen LogP contribution in [0.25, 0.3) is 0 Å². The molecule has 0 atom stereocenters. The van der Waals surface area contributed by atoms with Gasteiger partial charge < -0.3 is 15.4 Å². The van der Waals surface area contributed by atoms with Crippen molar-refractivity contribution in [2.45, 2.75) is 39.2 Å². The van der Waals surface area contributed by atoms with Crippen LogP contribution in [0.3, 0.4) is 0 Å². The van der Waals surface area contributed by atoms with Gasteiger partial charge in [-0.2, -0.15) is 0 Å². The van der Waals surface area contributed by atoms with Crippen molar-refractivity contribution in [3.63, 3.8) is 0 Å². The Hall–Kier alpha value is -1.51. The Bertz CT molecular complexity index is 565. The van der Waals surface area contributed by atoms with Crippen LogP contribution in [0.4, 0.5) is 10.5 Å². The molecule has 3 N–H and O–H groups in total. The maximum absolute atomic E-state index is 11.2. The van der Waals surface area contributed by atoms with Crippen LogP contribution < -0.4 is 16.0 Å². The molecule has 0 aromatic heterocycles. The minimum Gasteiger partial charge on any atom is -0.453 e. The van der Waals surface area contributed by atoms with Crippen LogP contribution in [0.2, 0.25) is 0 Å². The molecule has 0 saturated heterocycles. The van der Waals surface area contributed by atoms with E-state index in [1.54, 1.807) is 7.05 Å². The lowest BCUT2D eigenvalue weighted by molar-refractivity contribution is 0.131. The van der Waals surface area contributed by atoms with E-state index in [1.165, 1.54) is 32.8 Å². The summed E-state index contributed by atoms with van der Waals surface area (Å²) < 4.78 is 4.57. The van der Waals surface area contributed by atoms with Gasteiger partial charge in [-0.15, -0.1) is 24.0 Å². The molecular formula is C18H29IN4O2. The Morgan fingerprint density at radius 1 is 1.24 bits per heavy atom. The monoisotopic (exact) mass is 460 g/mol. The third-order valence-corrected chi connectivity index (χ3v) is 4.86.